The molecule has 0 radical (unpaired) electrons. The molecule has 1 N–H and O–H groups in total. The molecule has 0 aromatic heterocycles. The Kier molecular flexibility index (Phi) is 5.46. The predicted octanol–water partition coefficient (Wildman–Crippen LogP) is 2.96. The minimum Gasteiger partial charge on any atom is -0.372 e. The van der Waals surface area contributed by atoms with Gasteiger partial charge in [-0.2, -0.15) is 0 Å². The molecule has 1 aromatic carbocycles. The van der Waals surface area contributed by atoms with Crippen molar-refractivity contribution < 1.29 is 14.4 Å². The fourth-order valence-electron chi connectivity index (χ4n) is 4.45. The Morgan fingerprint density at radius 3 is 2.04 bits per heavy atom. The fraction of sp³-hybridized carbons (Fsp3) is 0.500. The van der Waals surface area contributed by atoms with Gasteiger partial charge in [-0.05, 0) is 49.9 Å². The molecule has 28 heavy (non-hydrogen) atoms. The molecule has 0 spiro atoms. The number of anilines is 2. The smallest absolute Gasteiger partial charge is 0.244 e. The van der Waals surface area contributed by atoms with Crippen molar-refractivity contribution in [3.8, 4) is 0 Å². The summed E-state index contributed by atoms with van der Waals surface area (Å²) < 4.78 is 0. The molecule has 0 bridgehead atoms. The molecular weight excluding hydrogens is 354 g/mol. The van der Waals surface area contributed by atoms with Gasteiger partial charge in [0, 0.05) is 24.5 Å². The zero-order chi connectivity index (χ0) is 19.5. The number of likely N-dealkylation sites (tertiary alicyclic amines) is 1. The summed E-state index contributed by atoms with van der Waals surface area (Å²) in [6.07, 6.45) is 10.1. The Morgan fingerprint density at radius 1 is 0.893 bits per heavy atom. The van der Waals surface area contributed by atoms with E-state index in [4.69, 9.17) is 0 Å². The topological polar surface area (TPSA) is 69.7 Å². The molecule has 3 amide bonds. The summed E-state index contributed by atoms with van der Waals surface area (Å²) in [4.78, 5) is 40.9. The van der Waals surface area contributed by atoms with Crippen molar-refractivity contribution in [2.75, 3.05) is 29.9 Å². The Hall–Kier alpha value is -2.63. The van der Waals surface area contributed by atoms with Crippen LogP contribution in [0.2, 0.25) is 0 Å². The highest BCUT2D eigenvalue weighted by atomic mass is 16.2. The molecule has 0 saturated carbocycles. The number of benzene rings is 1. The van der Waals surface area contributed by atoms with E-state index in [0.717, 1.165) is 18.0 Å². The third-order valence-corrected chi connectivity index (χ3v) is 6.02. The molecule has 2 heterocycles. The van der Waals surface area contributed by atoms with E-state index in [1.807, 2.05) is 36.4 Å². The molecule has 2 fully saturated rings. The van der Waals surface area contributed by atoms with Crippen molar-refractivity contribution in [2.45, 2.75) is 38.5 Å². The molecule has 4 rings (SSSR count). The Bertz CT molecular complexity index is 753. The average Bonchev–Trinajstić information content (AvgIpc) is 2.91. The van der Waals surface area contributed by atoms with Crippen LogP contribution < -0.4 is 10.2 Å². The maximum atomic E-state index is 12.5. The van der Waals surface area contributed by atoms with Gasteiger partial charge >= 0.3 is 0 Å². The molecule has 2 atom stereocenters. The van der Waals surface area contributed by atoms with Crippen molar-refractivity contribution in [3.63, 3.8) is 0 Å². The van der Waals surface area contributed by atoms with E-state index in [0.29, 0.717) is 18.5 Å². The molecular formula is C22H27N3O3. The van der Waals surface area contributed by atoms with Gasteiger partial charge in [-0.25, -0.2) is 0 Å². The van der Waals surface area contributed by atoms with E-state index in [1.165, 1.54) is 31.4 Å². The molecule has 1 aliphatic carbocycles. The van der Waals surface area contributed by atoms with Crippen LogP contribution in [0.15, 0.2) is 36.4 Å². The number of allylic oxidation sites excluding steroid dienone is 2. The Balaban J connectivity index is 1.35. The normalized spacial score (nSPS) is 24.9. The molecule has 6 heteroatoms. The SMILES string of the molecule is O=C(CN1C(=O)[C@H]2CC=CC[C@@H]2C1=O)Nc1ccc(N2CCCCCC2)cc1. The summed E-state index contributed by atoms with van der Waals surface area (Å²) >= 11 is 0. The van der Waals surface area contributed by atoms with Crippen LogP contribution in [0.3, 0.4) is 0 Å². The van der Waals surface area contributed by atoms with E-state index in [9.17, 15) is 14.4 Å². The molecule has 3 aliphatic rings. The first-order chi connectivity index (χ1) is 13.6. The van der Waals surface area contributed by atoms with E-state index in [2.05, 4.69) is 10.2 Å². The largest absolute Gasteiger partial charge is 0.372 e. The van der Waals surface area contributed by atoms with Crippen LogP contribution in [-0.4, -0.2) is 42.3 Å². The second-order valence-electron chi connectivity index (χ2n) is 7.91. The highest BCUT2D eigenvalue weighted by Gasteiger charge is 2.47. The lowest BCUT2D eigenvalue weighted by molar-refractivity contribution is -0.142. The summed E-state index contributed by atoms with van der Waals surface area (Å²) in [6, 6.07) is 7.81. The number of fused-ring (bicyclic) bond motifs is 1. The van der Waals surface area contributed by atoms with E-state index >= 15 is 0 Å². The van der Waals surface area contributed by atoms with Crippen LogP contribution >= 0.6 is 0 Å². The van der Waals surface area contributed by atoms with Gasteiger partial charge in [-0.3, -0.25) is 19.3 Å². The summed E-state index contributed by atoms with van der Waals surface area (Å²) in [5.74, 6) is -1.36. The number of carbonyl (C=O) groups excluding carboxylic acids is 3. The van der Waals surface area contributed by atoms with Crippen LogP contribution in [0, 0.1) is 11.8 Å². The third kappa shape index (κ3) is 3.81. The minimum atomic E-state index is -0.337. The lowest BCUT2D eigenvalue weighted by atomic mass is 9.85. The quantitative estimate of drug-likeness (QED) is 0.643. The summed E-state index contributed by atoms with van der Waals surface area (Å²) in [7, 11) is 0. The second-order valence-corrected chi connectivity index (χ2v) is 7.91. The zero-order valence-electron chi connectivity index (χ0n) is 16.1. The number of rotatable bonds is 4. The highest BCUT2D eigenvalue weighted by Crippen LogP contribution is 2.34. The van der Waals surface area contributed by atoms with Crippen LogP contribution in [0.5, 0.6) is 0 Å². The highest BCUT2D eigenvalue weighted by molar-refractivity contribution is 6.08. The maximum absolute atomic E-state index is 12.5. The lowest BCUT2D eigenvalue weighted by Crippen LogP contribution is -2.38. The molecule has 0 unspecified atom stereocenters. The second kappa shape index (κ2) is 8.17. The van der Waals surface area contributed by atoms with Gasteiger partial charge in [0.1, 0.15) is 6.54 Å². The maximum Gasteiger partial charge on any atom is 0.244 e. The van der Waals surface area contributed by atoms with Gasteiger partial charge < -0.3 is 10.2 Å². The standard InChI is InChI=1S/C22H27N3O3/c26-20(15-25-21(27)18-7-3-4-8-19(18)22(25)28)23-16-9-11-17(12-10-16)24-13-5-1-2-6-14-24/h3-4,9-12,18-19H,1-2,5-8,13-15H2,(H,23,26)/t18-,19-/m0/s1. The van der Waals surface area contributed by atoms with Gasteiger partial charge in [-0.15, -0.1) is 0 Å². The van der Waals surface area contributed by atoms with Crippen molar-refractivity contribution in [1.82, 2.24) is 4.90 Å². The van der Waals surface area contributed by atoms with Gasteiger partial charge in [-0.1, -0.05) is 25.0 Å². The van der Waals surface area contributed by atoms with Crippen molar-refractivity contribution in [3.05, 3.63) is 36.4 Å². The third-order valence-electron chi connectivity index (χ3n) is 6.02. The molecule has 6 nitrogen and oxygen atoms in total. The van der Waals surface area contributed by atoms with E-state index in [-0.39, 0.29) is 36.1 Å². The zero-order valence-corrected chi connectivity index (χ0v) is 16.1. The van der Waals surface area contributed by atoms with Crippen molar-refractivity contribution in [1.29, 1.82) is 0 Å². The number of carbonyl (C=O) groups is 3. The summed E-state index contributed by atoms with van der Waals surface area (Å²) in [5.41, 5.74) is 1.85. The van der Waals surface area contributed by atoms with Gasteiger partial charge in [0.2, 0.25) is 17.7 Å². The minimum absolute atomic E-state index is 0.210. The van der Waals surface area contributed by atoms with Gasteiger partial charge in [0.25, 0.3) is 0 Å². The van der Waals surface area contributed by atoms with E-state index < -0.39 is 0 Å². The number of hydrogen-bond donors (Lipinski definition) is 1. The number of nitrogens with one attached hydrogen (secondary N) is 1. The number of hydrogen-bond acceptors (Lipinski definition) is 4. The number of nitrogens with zero attached hydrogens (tertiary/aromatic N) is 2. The van der Waals surface area contributed by atoms with Gasteiger partial charge in [0.15, 0.2) is 0 Å². The number of imide groups is 1. The fourth-order valence-corrected chi connectivity index (χ4v) is 4.45. The first-order valence-corrected chi connectivity index (χ1v) is 10.3. The lowest BCUT2D eigenvalue weighted by Gasteiger charge is -2.23. The summed E-state index contributed by atoms with van der Waals surface area (Å²) in [5, 5.41) is 2.81. The average molecular weight is 381 g/mol. The van der Waals surface area contributed by atoms with Crippen LogP contribution in [0.4, 0.5) is 11.4 Å². The molecule has 2 saturated heterocycles. The Morgan fingerprint density at radius 2 is 1.46 bits per heavy atom. The number of amides is 3. The molecule has 2 aliphatic heterocycles. The first kappa shape index (κ1) is 18.7. The first-order valence-electron chi connectivity index (χ1n) is 10.3. The summed E-state index contributed by atoms with van der Waals surface area (Å²) in [6.45, 7) is 1.93. The van der Waals surface area contributed by atoms with Crippen LogP contribution in [0.1, 0.15) is 38.5 Å². The Labute approximate surface area is 165 Å². The predicted molar refractivity (Wildman–Crippen MR) is 108 cm³/mol. The monoisotopic (exact) mass is 381 g/mol. The molecule has 1 aromatic rings. The van der Waals surface area contributed by atoms with Crippen LogP contribution in [0.25, 0.3) is 0 Å². The van der Waals surface area contributed by atoms with Crippen molar-refractivity contribution in [2.24, 2.45) is 11.8 Å². The van der Waals surface area contributed by atoms with Gasteiger partial charge in [0.05, 0.1) is 11.8 Å². The van der Waals surface area contributed by atoms with Crippen LogP contribution in [-0.2, 0) is 14.4 Å². The van der Waals surface area contributed by atoms with Crippen molar-refractivity contribution >= 4 is 29.1 Å². The molecule has 148 valence electrons. The van der Waals surface area contributed by atoms with E-state index in [1.54, 1.807) is 0 Å².